The lowest BCUT2D eigenvalue weighted by Gasteiger charge is -2.34. The monoisotopic (exact) mass is 267 g/mol. The maximum atomic E-state index is 13.8. The molecule has 1 fully saturated rings. The molecule has 1 N–H and O–H groups in total. The largest absolute Gasteiger partial charge is 0.365 e. The average Bonchev–Trinajstić information content (AvgIpc) is 2.29. The standard InChI is InChI=1S/C13H15ClFN3/c1-2-11(8-4-3-5-8)17-13-10(15)6-9(7-16)12(14)18-13/h6,8,11H,2-5H2,1H3,(H,17,18). The fraction of sp³-hybridized carbons (Fsp3) is 0.538. The van der Waals surface area contributed by atoms with Crippen LogP contribution >= 0.6 is 11.6 Å². The van der Waals surface area contributed by atoms with E-state index in [-0.39, 0.29) is 22.6 Å². The molecular weight excluding hydrogens is 253 g/mol. The molecule has 0 radical (unpaired) electrons. The fourth-order valence-electron chi connectivity index (χ4n) is 2.22. The maximum Gasteiger partial charge on any atom is 0.166 e. The molecule has 1 atom stereocenters. The second kappa shape index (κ2) is 5.53. The molecule has 18 heavy (non-hydrogen) atoms. The SMILES string of the molecule is CCC(Nc1nc(Cl)c(C#N)cc1F)C1CCC1. The van der Waals surface area contributed by atoms with Gasteiger partial charge >= 0.3 is 0 Å². The van der Waals surface area contributed by atoms with Gasteiger partial charge in [-0.05, 0) is 31.2 Å². The van der Waals surface area contributed by atoms with Crippen LogP contribution < -0.4 is 5.32 Å². The first-order valence-corrected chi connectivity index (χ1v) is 6.56. The number of hydrogen-bond acceptors (Lipinski definition) is 3. The lowest BCUT2D eigenvalue weighted by molar-refractivity contribution is 0.269. The number of nitrogens with zero attached hydrogens (tertiary/aromatic N) is 2. The zero-order valence-electron chi connectivity index (χ0n) is 10.2. The van der Waals surface area contributed by atoms with E-state index in [1.54, 1.807) is 0 Å². The molecule has 1 aromatic heterocycles. The van der Waals surface area contributed by atoms with E-state index in [2.05, 4.69) is 17.2 Å². The summed E-state index contributed by atoms with van der Waals surface area (Å²) in [7, 11) is 0. The van der Waals surface area contributed by atoms with E-state index in [1.807, 2.05) is 6.07 Å². The first kappa shape index (κ1) is 13.1. The molecule has 96 valence electrons. The van der Waals surface area contributed by atoms with E-state index in [0.29, 0.717) is 5.92 Å². The van der Waals surface area contributed by atoms with Gasteiger partial charge in [0.05, 0.1) is 5.56 Å². The van der Waals surface area contributed by atoms with E-state index >= 15 is 0 Å². The summed E-state index contributed by atoms with van der Waals surface area (Å²) in [5.41, 5.74) is 0.0661. The third-order valence-electron chi connectivity index (χ3n) is 3.53. The number of pyridine rings is 1. The Bertz CT molecular complexity index is 480. The Morgan fingerprint density at radius 1 is 1.67 bits per heavy atom. The summed E-state index contributed by atoms with van der Waals surface area (Å²) in [4.78, 5) is 3.93. The smallest absolute Gasteiger partial charge is 0.166 e. The first-order chi connectivity index (χ1) is 8.65. The third kappa shape index (κ3) is 2.56. The predicted octanol–water partition coefficient (Wildman–Crippen LogP) is 3.74. The van der Waals surface area contributed by atoms with Crippen molar-refractivity contribution in [3.63, 3.8) is 0 Å². The highest BCUT2D eigenvalue weighted by Crippen LogP contribution is 2.33. The second-order valence-corrected chi connectivity index (χ2v) is 4.98. The summed E-state index contributed by atoms with van der Waals surface area (Å²) in [6.07, 6.45) is 4.52. The Morgan fingerprint density at radius 2 is 2.39 bits per heavy atom. The van der Waals surface area contributed by atoms with Gasteiger partial charge in [0.2, 0.25) is 0 Å². The molecule has 0 spiro atoms. The van der Waals surface area contributed by atoms with Gasteiger partial charge in [-0.2, -0.15) is 5.26 Å². The molecular formula is C13H15ClFN3. The Morgan fingerprint density at radius 3 is 2.89 bits per heavy atom. The summed E-state index contributed by atoms with van der Waals surface area (Å²) in [6.45, 7) is 2.07. The number of nitrogens with one attached hydrogen (secondary N) is 1. The lowest BCUT2D eigenvalue weighted by Crippen LogP contribution is -2.33. The van der Waals surface area contributed by atoms with Crippen molar-refractivity contribution in [2.24, 2.45) is 5.92 Å². The fourth-order valence-corrected chi connectivity index (χ4v) is 2.40. The van der Waals surface area contributed by atoms with Crippen LogP contribution in [0.2, 0.25) is 5.15 Å². The third-order valence-corrected chi connectivity index (χ3v) is 3.82. The maximum absolute atomic E-state index is 13.8. The number of hydrogen-bond donors (Lipinski definition) is 1. The van der Waals surface area contributed by atoms with Crippen molar-refractivity contribution in [1.82, 2.24) is 4.98 Å². The van der Waals surface area contributed by atoms with Crippen LogP contribution in [0.3, 0.4) is 0 Å². The van der Waals surface area contributed by atoms with Crippen molar-refractivity contribution in [2.75, 3.05) is 5.32 Å². The molecule has 5 heteroatoms. The Balaban J connectivity index is 2.17. The van der Waals surface area contributed by atoms with E-state index in [9.17, 15) is 4.39 Å². The number of nitriles is 1. The summed E-state index contributed by atoms with van der Waals surface area (Å²) in [5, 5.41) is 11.9. The van der Waals surface area contributed by atoms with Gasteiger partial charge in [0.1, 0.15) is 11.2 Å². The van der Waals surface area contributed by atoms with E-state index in [4.69, 9.17) is 16.9 Å². The van der Waals surface area contributed by atoms with Gasteiger partial charge in [0, 0.05) is 6.04 Å². The zero-order chi connectivity index (χ0) is 13.1. The van der Waals surface area contributed by atoms with Crippen LogP contribution in [0.25, 0.3) is 0 Å². The van der Waals surface area contributed by atoms with E-state index in [1.165, 1.54) is 19.3 Å². The van der Waals surface area contributed by atoms with Gasteiger partial charge in [-0.3, -0.25) is 0 Å². The molecule has 1 unspecified atom stereocenters. The quantitative estimate of drug-likeness (QED) is 0.846. The van der Waals surface area contributed by atoms with E-state index < -0.39 is 5.82 Å². The molecule has 0 bridgehead atoms. The molecule has 1 aliphatic carbocycles. The lowest BCUT2D eigenvalue weighted by atomic mass is 9.79. The number of rotatable bonds is 4. The van der Waals surface area contributed by atoms with Gasteiger partial charge < -0.3 is 5.32 Å². The molecule has 1 aliphatic rings. The summed E-state index contributed by atoms with van der Waals surface area (Å²) < 4.78 is 13.8. The minimum atomic E-state index is -0.520. The van der Waals surface area contributed by atoms with Gasteiger partial charge in [0.15, 0.2) is 11.6 Å². The Kier molecular flexibility index (Phi) is 4.03. The molecule has 3 nitrogen and oxygen atoms in total. The summed E-state index contributed by atoms with van der Waals surface area (Å²) in [5.74, 6) is 0.220. The molecule has 2 rings (SSSR count). The highest BCUT2D eigenvalue weighted by molar-refractivity contribution is 6.30. The highest BCUT2D eigenvalue weighted by Gasteiger charge is 2.27. The molecule has 0 aromatic carbocycles. The van der Waals surface area contributed by atoms with Gasteiger partial charge in [-0.1, -0.05) is 24.9 Å². The van der Waals surface area contributed by atoms with Crippen molar-refractivity contribution in [3.8, 4) is 6.07 Å². The number of anilines is 1. The second-order valence-electron chi connectivity index (χ2n) is 4.62. The number of aromatic nitrogens is 1. The molecule has 1 heterocycles. The Labute approximate surface area is 111 Å². The van der Waals surface area contributed by atoms with Crippen molar-refractivity contribution in [1.29, 1.82) is 5.26 Å². The topological polar surface area (TPSA) is 48.7 Å². The predicted molar refractivity (Wildman–Crippen MR) is 69.0 cm³/mol. The zero-order valence-corrected chi connectivity index (χ0v) is 11.0. The molecule has 0 saturated heterocycles. The molecule has 0 aliphatic heterocycles. The highest BCUT2D eigenvalue weighted by atomic mass is 35.5. The number of halogens is 2. The van der Waals surface area contributed by atoms with Crippen LogP contribution in [-0.2, 0) is 0 Å². The minimum absolute atomic E-state index is 0.0462. The Hall–Kier alpha value is -1.34. The van der Waals surface area contributed by atoms with Crippen molar-refractivity contribution in [2.45, 2.75) is 38.6 Å². The summed E-state index contributed by atoms with van der Waals surface area (Å²) in [6, 6.07) is 3.17. The average molecular weight is 268 g/mol. The van der Waals surface area contributed by atoms with Crippen molar-refractivity contribution >= 4 is 17.4 Å². The van der Waals surface area contributed by atoms with Gasteiger partial charge in [0.25, 0.3) is 0 Å². The van der Waals surface area contributed by atoms with Gasteiger partial charge in [-0.15, -0.1) is 0 Å². The van der Waals surface area contributed by atoms with Crippen LogP contribution in [0.5, 0.6) is 0 Å². The molecule has 1 aromatic rings. The van der Waals surface area contributed by atoms with Crippen LogP contribution in [0, 0.1) is 23.1 Å². The molecule has 1 saturated carbocycles. The van der Waals surface area contributed by atoms with E-state index in [0.717, 1.165) is 12.5 Å². The first-order valence-electron chi connectivity index (χ1n) is 6.18. The summed E-state index contributed by atoms with van der Waals surface area (Å²) >= 11 is 5.82. The van der Waals surface area contributed by atoms with Gasteiger partial charge in [-0.25, -0.2) is 9.37 Å². The van der Waals surface area contributed by atoms with Crippen LogP contribution in [0.1, 0.15) is 38.2 Å². The van der Waals surface area contributed by atoms with Crippen molar-refractivity contribution in [3.05, 3.63) is 22.6 Å². The minimum Gasteiger partial charge on any atom is -0.365 e. The van der Waals surface area contributed by atoms with Crippen LogP contribution in [-0.4, -0.2) is 11.0 Å². The van der Waals surface area contributed by atoms with Crippen LogP contribution in [0.4, 0.5) is 10.2 Å². The molecule has 0 amide bonds. The van der Waals surface area contributed by atoms with Crippen molar-refractivity contribution < 1.29 is 4.39 Å². The van der Waals surface area contributed by atoms with Crippen LogP contribution in [0.15, 0.2) is 6.07 Å². The normalized spacial score (nSPS) is 16.8.